The monoisotopic (exact) mass is 290 g/mol. The van der Waals surface area contributed by atoms with E-state index in [0.29, 0.717) is 12.1 Å². The fraction of sp³-hybridized carbons (Fsp3) is 0.533. The summed E-state index contributed by atoms with van der Waals surface area (Å²) in [5.74, 6) is 0.182. The first-order valence-corrected chi connectivity index (χ1v) is 7.38. The van der Waals surface area contributed by atoms with Gasteiger partial charge in [-0.15, -0.1) is 5.10 Å². The third-order valence-corrected chi connectivity index (χ3v) is 3.55. The van der Waals surface area contributed by atoms with Crippen LogP contribution in [0.4, 0.5) is 0 Å². The Labute approximate surface area is 124 Å². The van der Waals surface area contributed by atoms with E-state index in [2.05, 4.69) is 15.6 Å². The maximum Gasteiger partial charge on any atom is 0.251 e. The van der Waals surface area contributed by atoms with Gasteiger partial charge in [0.1, 0.15) is 5.52 Å². The van der Waals surface area contributed by atoms with Crippen LogP contribution in [0, 0.1) is 5.92 Å². The Morgan fingerprint density at radius 2 is 2.29 bits per heavy atom. The maximum atomic E-state index is 12.1. The number of nitrogens with one attached hydrogen (secondary N) is 1. The minimum atomic E-state index is -0.0976. The van der Waals surface area contributed by atoms with Gasteiger partial charge in [0, 0.05) is 25.3 Å². The zero-order valence-corrected chi connectivity index (χ0v) is 12.5. The molecule has 0 saturated heterocycles. The Bertz CT molecular complexity index is 609. The molecule has 0 aliphatic heterocycles. The summed E-state index contributed by atoms with van der Waals surface area (Å²) < 4.78 is 1.80. The van der Waals surface area contributed by atoms with Gasteiger partial charge in [-0.2, -0.15) is 0 Å². The second-order valence-corrected chi connectivity index (χ2v) is 5.29. The first-order chi connectivity index (χ1) is 10.2. The van der Waals surface area contributed by atoms with Crippen LogP contribution >= 0.6 is 0 Å². The van der Waals surface area contributed by atoms with E-state index in [1.807, 2.05) is 19.9 Å². The topological polar surface area (TPSA) is 80.0 Å². The molecule has 1 atom stereocenters. The Hall–Kier alpha value is -1.95. The molecule has 2 rings (SSSR count). The molecule has 6 nitrogen and oxygen atoms in total. The molecule has 114 valence electrons. The summed E-state index contributed by atoms with van der Waals surface area (Å²) in [6.45, 7) is 5.56. The summed E-state index contributed by atoms with van der Waals surface area (Å²) in [7, 11) is 0. The number of benzene rings is 1. The van der Waals surface area contributed by atoms with Crippen molar-refractivity contribution in [1.29, 1.82) is 0 Å². The van der Waals surface area contributed by atoms with Gasteiger partial charge in [0.2, 0.25) is 0 Å². The summed E-state index contributed by atoms with van der Waals surface area (Å²) >= 11 is 0. The SMILES string of the molecule is CCn1nnc2cc(C(=O)NCCCC(C)CO)ccc21. The standard InChI is InChI=1S/C15H22N4O2/c1-3-19-14-7-6-12(9-13(14)17-18-19)15(21)16-8-4-5-11(2)10-20/h6-7,9,11,20H,3-5,8,10H2,1-2H3,(H,16,21). The third-order valence-electron chi connectivity index (χ3n) is 3.55. The minimum absolute atomic E-state index is 0.0976. The van der Waals surface area contributed by atoms with Gasteiger partial charge in [-0.1, -0.05) is 12.1 Å². The van der Waals surface area contributed by atoms with Crippen LogP contribution in [0.25, 0.3) is 11.0 Å². The molecule has 1 unspecified atom stereocenters. The Balaban J connectivity index is 1.93. The van der Waals surface area contributed by atoms with E-state index >= 15 is 0 Å². The van der Waals surface area contributed by atoms with Crippen molar-refractivity contribution in [3.8, 4) is 0 Å². The highest BCUT2D eigenvalue weighted by Gasteiger charge is 2.09. The summed E-state index contributed by atoms with van der Waals surface area (Å²) in [5.41, 5.74) is 2.27. The number of hydrogen-bond donors (Lipinski definition) is 2. The molecule has 0 fully saturated rings. The number of carbonyl (C=O) groups is 1. The number of aliphatic hydroxyl groups excluding tert-OH is 1. The van der Waals surface area contributed by atoms with Gasteiger partial charge in [0.25, 0.3) is 5.91 Å². The zero-order chi connectivity index (χ0) is 15.2. The summed E-state index contributed by atoms with van der Waals surface area (Å²) in [6, 6.07) is 5.44. The lowest BCUT2D eigenvalue weighted by molar-refractivity contribution is 0.0952. The zero-order valence-electron chi connectivity index (χ0n) is 12.5. The number of aromatic nitrogens is 3. The fourth-order valence-corrected chi connectivity index (χ4v) is 2.19. The van der Waals surface area contributed by atoms with Crippen LogP contribution in [0.1, 0.15) is 37.0 Å². The number of hydrogen-bond acceptors (Lipinski definition) is 4. The smallest absolute Gasteiger partial charge is 0.251 e. The lowest BCUT2D eigenvalue weighted by Gasteiger charge is -2.08. The third kappa shape index (κ3) is 3.78. The van der Waals surface area contributed by atoms with Crippen molar-refractivity contribution in [2.45, 2.75) is 33.2 Å². The predicted octanol–water partition coefficient (Wildman–Crippen LogP) is 1.59. The van der Waals surface area contributed by atoms with Crippen molar-refractivity contribution >= 4 is 16.9 Å². The van der Waals surface area contributed by atoms with Crippen LogP contribution in [0.15, 0.2) is 18.2 Å². The van der Waals surface area contributed by atoms with Gasteiger partial charge in [-0.3, -0.25) is 4.79 Å². The summed E-state index contributed by atoms with van der Waals surface area (Å²) in [4.78, 5) is 12.1. The van der Waals surface area contributed by atoms with Gasteiger partial charge < -0.3 is 10.4 Å². The van der Waals surface area contributed by atoms with E-state index in [4.69, 9.17) is 5.11 Å². The lowest BCUT2D eigenvalue weighted by Crippen LogP contribution is -2.24. The lowest BCUT2D eigenvalue weighted by atomic mass is 10.1. The van der Waals surface area contributed by atoms with Gasteiger partial charge in [0.05, 0.1) is 5.52 Å². The second-order valence-electron chi connectivity index (χ2n) is 5.29. The van der Waals surface area contributed by atoms with E-state index in [1.54, 1.807) is 16.8 Å². The van der Waals surface area contributed by atoms with E-state index < -0.39 is 0 Å². The van der Waals surface area contributed by atoms with Crippen LogP contribution in [0.2, 0.25) is 0 Å². The fourth-order valence-electron chi connectivity index (χ4n) is 2.19. The van der Waals surface area contributed by atoms with Crippen molar-refractivity contribution in [1.82, 2.24) is 20.3 Å². The van der Waals surface area contributed by atoms with E-state index in [0.717, 1.165) is 30.4 Å². The molecule has 21 heavy (non-hydrogen) atoms. The average molecular weight is 290 g/mol. The second kappa shape index (κ2) is 7.17. The molecule has 1 aromatic heterocycles. The molecule has 2 N–H and O–H groups in total. The largest absolute Gasteiger partial charge is 0.396 e. The van der Waals surface area contributed by atoms with Crippen LogP contribution in [0.5, 0.6) is 0 Å². The molecule has 0 spiro atoms. The molecule has 1 amide bonds. The molecule has 2 aromatic rings. The Kier molecular flexibility index (Phi) is 5.27. The van der Waals surface area contributed by atoms with E-state index in [1.165, 1.54) is 0 Å². The van der Waals surface area contributed by atoms with Crippen LogP contribution < -0.4 is 5.32 Å². The molecule has 0 aliphatic carbocycles. The van der Waals surface area contributed by atoms with Crippen molar-refractivity contribution in [2.24, 2.45) is 5.92 Å². The van der Waals surface area contributed by atoms with Crippen molar-refractivity contribution in [3.63, 3.8) is 0 Å². The molecule has 0 radical (unpaired) electrons. The molecular formula is C15H22N4O2. The number of aliphatic hydroxyl groups is 1. The Morgan fingerprint density at radius 1 is 1.48 bits per heavy atom. The van der Waals surface area contributed by atoms with Crippen molar-refractivity contribution < 1.29 is 9.90 Å². The summed E-state index contributed by atoms with van der Waals surface area (Å²) in [6.07, 6.45) is 1.77. The molecule has 1 aromatic carbocycles. The van der Waals surface area contributed by atoms with Crippen molar-refractivity contribution in [3.05, 3.63) is 23.8 Å². The first-order valence-electron chi connectivity index (χ1n) is 7.38. The number of nitrogens with zero attached hydrogens (tertiary/aromatic N) is 3. The van der Waals surface area contributed by atoms with Crippen LogP contribution in [0.3, 0.4) is 0 Å². The van der Waals surface area contributed by atoms with Crippen molar-refractivity contribution in [2.75, 3.05) is 13.2 Å². The highest BCUT2D eigenvalue weighted by molar-refractivity contribution is 5.97. The van der Waals surface area contributed by atoms with Gasteiger partial charge in [-0.25, -0.2) is 4.68 Å². The molecule has 0 bridgehead atoms. The normalized spacial score (nSPS) is 12.5. The highest BCUT2D eigenvalue weighted by atomic mass is 16.3. The van der Waals surface area contributed by atoms with Gasteiger partial charge in [0.15, 0.2) is 0 Å². The van der Waals surface area contributed by atoms with Crippen LogP contribution in [-0.2, 0) is 6.54 Å². The quantitative estimate of drug-likeness (QED) is 0.759. The van der Waals surface area contributed by atoms with E-state index in [-0.39, 0.29) is 18.4 Å². The predicted molar refractivity (Wildman–Crippen MR) is 81.0 cm³/mol. The average Bonchev–Trinajstić information content (AvgIpc) is 2.93. The molecule has 0 saturated carbocycles. The molecule has 0 aliphatic rings. The number of aryl methyl sites for hydroxylation is 1. The Morgan fingerprint density at radius 3 is 3.00 bits per heavy atom. The number of rotatable bonds is 7. The first kappa shape index (κ1) is 15.4. The number of fused-ring (bicyclic) bond motifs is 1. The number of carbonyl (C=O) groups excluding carboxylic acids is 1. The van der Waals surface area contributed by atoms with Crippen LogP contribution in [-0.4, -0.2) is 39.2 Å². The molecule has 6 heteroatoms. The summed E-state index contributed by atoms with van der Waals surface area (Å²) in [5, 5.41) is 19.9. The molecule has 1 heterocycles. The highest BCUT2D eigenvalue weighted by Crippen LogP contribution is 2.13. The minimum Gasteiger partial charge on any atom is -0.396 e. The van der Waals surface area contributed by atoms with E-state index in [9.17, 15) is 4.79 Å². The molecular weight excluding hydrogens is 268 g/mol. The number of amides is 1. The maximum absolute atomic E-state index is 12.1. The van der Waals surface area contributed by atoms with Gasteiger partial charge >= 0.3 is 0 Å². The van der Waals surface area contributed by atoms with Gasteiger partial charge in [-0.05, 0) is 43.9 Å².